The Kier molecular flexibility index (Phi) is 7.52. The third kappa shape index (κ3) is 5.22. The van der Waals surface area contributed by atoms with Gasteiger partial charge in [0, 0.05) is 18.9 Å². The highest BCUT2D eigenvalue weighted by molar-refractivity contribution is 5.79. The summed E-state index contributed by atoms with van der Waals surface area (Å²) >= 11 is 0. The van der Waals surface area contributed by atoms with Gasteiger partial charge in [0.05, 0.1) is 33.0 Å². The van der Waals surface area contributed by atoms with Crippen molar-refractivity contribution in [3.63, 3.8) is 0 Å². The average molecular weight is 410 g/mol. The molecule has 1 aliphatic heterocycles. The Hall–Kier alpha value is -2.79. The van der Waals surface area contributed by atoms with E-state index >= 15 is 0 Å². The molecule has 1 amide bonds. The molecule has 1 aliphatic rings. The number of rotatable bonds is 10. The monoisotopic (exact) mass is 409 g/mol. The number of carbonyl (C=O) groups excluding carboxylic acids is 1. The lowest BCUT2D eigenvalue weighted by Crippen LogP contribution is -2.31. The molecule has 2 aromatic rings. The topological polar surface area (TPSA) is 48.0 Å². The van der Waals surface area contributed by atoms with Crippen LogP contribution in [-0.4, -0.2) is 37.7 Å². The first-order valence-corrected chi connectivity index (χ1v) is 10.3. The molecule has 0 spiro atoms. The highest BCUT2D eigenvalue weighted by Crippen LogP contribution is 2.33. The van der Waals surface area contributed by atoms with E-state index in [9.17, 15) is 4.79 Å². The van der Waals surface area contributed by atoms with E-state index < -0.39 is 0 Å². The summed E-state index contributed by atoms with van der Waals surface area (Å²) in [5.41, 5.74) is 2.18. The standard InChI is InChI=1S/C25H31NO4/c1-5-6-24(30-17-19-7-11-22(28-3)12-8-19)21-15-25(27)26(16-21)18(2)20-9-13-23(29-4)14-10-20/h5,7-14,18,21,24H,1,6,15-17H2,2-4H3/t18-,21?,24-/m1/s1. The Morgan fingerprint density at radius 1 is 1.07 bits per heavy atom. The van der Waals surface area contributed by atoms with Gasteiger partial charge < -0.3 is 19.1 Å². The summed E-state index contributed by atoms with van der Waals surface area (Å²) in [5.74, 6) is 1.96. The lowest BCUT2D eigenvalue weighted by molar-refractivity contribution is -0.129. The first-order chi connectivity index (χ1) is 14.5. The van der Waals surface area contributed by atoms with Crippen LogP contribution < -0.4 is 9.47 Å². The van der Waals surface area contributed by atoms with Crippen molar-refractivity contribution in [2.24, 2.45) is 5.92 Å². The van der Waals surface area contributed by atoms with Crippen LogP contribution in [-0.2, 0) is 16.1 Å². The van der Waals surface area contributed by atoms with E-state index in [0.29, 0.717) is 19.6 Å². The Morgan fingerprint density at radius 3 is 2.23 bits per heavy atom. The molecule has 1 saturated heterocycles. The highest BCUT2D eigenvalue weighted by Gasteiger charge is 2.37. The predicted molar refractivity (Wildman–Crippen MR) is 118 cm³/mol. The Morgan fingerprint density at radius 2 is 1.67 bits per heavy atom. The second-order valence-electron chi connectivity index (χ2n) is 7.68. The number of methoxy groups -OCH3 is 2. The molecular weight excluding hydrogens is 378 g/mol. The maximum atomic E-state index is 12.8. The van der Waals surface area contributed by atoms with Crippen molar-refractivity contribution in [2.45, 2.75) is 38.5 Å². The third-order valence-corrected chi connectivity index (χ3v) is 5.80. The summed E-state index contributed by atoms with van der Waals surface area (Å²) in [6.45, 7) is 7.14. The molecule has 1 heterocycles. The van der Waals surface area contributed by atoms with E-state index in [1.807, 2.05) is 59.5 Å². The fourth-order valence-electron chi connectivity index (χ4n) is 3.93. The van der Waals surface area contributed by atoms with Crippen LogP contribution in [0.5, 0.6) is 11.5 Å². The van der Waals surface area contributed by atoms with Gasteiger partial charge in [-0.1, -0.05) is 30.3 Å². The van der Waals surface area contributed by atoms with Crippen molar-refractivity contribution in [3.05, 3.63) is 72.3 Å². The molecule has 0 radical (unpaired) electrons. The molecule has 1 unspecified atom stereocenters. The van der Waals surface area contributed by atoms with Crippen LogP contribution in [0.2, 0.25) is 0 Å². The van der Waals surface area contributed by atoms with Crippen LogP contribution in [0.25, 0.3) is 0 Å². The van der Waals surface area contributed by atoms with Gasteiger partial charge in [-0.2, -0.15) is 0 Å². The normalized spacial score (nSPS) is 18.2. The molecule has 0 aromatic heterocycles. The quantitative estimate of drug-likeness (QED) is 0.530. The van der Waals surface area contributed by atoms with Crippen LogP contribution >= 0.6 is 0 Å². The minimum Gasteiger partial charge on any atom is -0.497 e. The third-order valence-electron chi connectivity index (χ3n) is 5.80. The number of carbonyl (C=O) groups is 1. The molecule has 5 nitrogen and oxygen atoms in total. The van der Waals surface area contributed by atoms with Crippen LogP contribution in [0.4, 0.5) is 0 Å². The Bertz CT molecular complexity index is 831. The summed E-state index contributed by atoms with van der Waals surface area (Å²) in [6, 6.07) is 15.8. The van der Waals surface area contributed by atoms with Gasteiger partial charge in [0.25, 0.3) is 0 Å². The number of amides is 1. The van der Waals surface area contributed by atoms with Crippen LogP contribution in [0.3, 0.4) is 0 Å². The molecule has 2 aromatic carbocycles. The SMILES string of the molecule is C=CC[C@@H](OCc1ccc(OC)cc1)C1CC(=O)N([C@H](C)c2ccc(OC)cc2)C1. The van der Waals surface area contributed by atoms with Crippen LogP contribution in [0.1, 0.15) is 36.9 Å². The fourth-order valence-corrected chi connectivity index (χ4v) is 3.93. The largest absolute Gasteiger partial charge is 0.497 e. The van der Waals surface area contributed by atoms with Gasteiger partial charge in [0.1, 0.15) is 11.5 Å². The zero-order chi connectivity index (χ0) is 21.5. The molecule has 0 bridgehead atoms. The molecule has 3 rings (SSSR count). The molecule has 0 N–H and O–H groups in total. The summed E-state index contributed by atoms with van der Waals surface area (Å²) in [5, 5.41) is 0. The molecule has 3 atom stereocenters. The Balaban J connectivity index is 1.63. The summed E-state index contributed by atoms with van der Waals surface area (Å²) in [4.78, 5) is 14.7. The molecule has 1 fully saturated rings. The van der Waals surface area contributed by atoms with E-state index in [-0.39, 0.29) is 24.0 Å². The zero-order valence-electron chi connectivity index (χ0n) is 18.0. The molecular formula is C25H31NO4. The maximum Gasteiger partial charge on any atom is 0.223 e. The highest BCUT2D eigenvalue weighted by atomic mass is 16.5. The van der Waals surface area contributed by atoms with E-state index in [2.05, 4.69) is 13.5 Å². The second kappa shape index (κ2) is 10.3. The first kappa shape index (κ1) is 21.9. The van der Waals surface area contributed by atoms with Gasteiger partial charge in [-0.3, -0.25) is 4.79 Å². The number of benzene rings is 2. The molecule has 0 saturated carbocycles. The summed E-state index contributed by atoms with van der Waals surface area (Å²) < 4.78 is 16.7. The molecule has 160 valence electrons. The van der Waals surface area contributed by atoms with Gasteiger partial charge in [0.15, 0.2) is 0 Å². The molecule has 30 heavy (non-hydrogen) atoms. The number of nitrogens with zero attached hydrogens (tertiary/aromatic N) is 1. The average Bonchev–Trinajstić information content (AvgIpc) is 3.17. The second-order valence-corrected chi connectivity index (χ2v) is 7.68. The Labute approximate surface area is 179 Å². The number of hydrogen-bond donors (Lipinski definition) is 0. The van der Waals surface area contributed by atoms with Crippen molar-refractivity contribution >= 4 is 5.91 Å². The van der Waals surface area contributed by atoms with E-state index in [1.165, 1.54) is 0 Å². The van der Waals surface area contributed by atoms with Crippen LogP contribution in [0, 0.1) is 5.92 Å². The van der Waals surface area contributed by atoms with E-state index in [1.54, 1.807) is 14.2 Å². The van der Waals surface area contributed by atoms with Gasteiger partial charge in [0.2, 0.25) is 5.91 Å². The van der Waals surface area contributed by atoms with Crippen molar-refractivity contribution in [3.8, 4) is 11.5 Å². The molecule has 0 aliphatic carbocycles. The predicted octanol–water partition coefficient (Wildman–Crippen LogP) is 4.77. The van der Waals surface area contributed by atoms with Crippen molar-refractivity contribution < 1.29 is 19.0 Å². The number of ether oxygens (including phenoxy) is 3. The lowest BCUT2D eigenvalue weighted by Gasteiger charge is -2.27. The minimum absolute atomic E-state index is 0.0133. The van der Waals surface area contributed by atoms with Crippen LogP contribution in [0.15, 0.2) is 61.2 Å². The summed E-state index contributed by atoms with van der Waals surface area (Å²) in [6.07, 6.45) is 3.06. The first-order valence-electron chi connectivity index (χ1n) is 10.3. The van der Waals surface area contributed by atoms with Crippen molar-refractivity contribution in [1.82, 2.24) is 4.90 Å². The van der Waals surface area contributed by atoms with Gasteiger partial charge in [-0.25, -0.2) is 0 Å². The number of hydrogen-bond acceptors (Lipinski definition) is 4. The van der Waals surface area contributed by atoms with Gasteiger partial charge >= 0.3 is 0 Å². The van der Waals surface area contributed by atoms with E-state index in [0.717, 1.165) is 29.0 Å². The zero-order valence-corrected chi connectivity index (χ0v) is 18.0. The summed E-state index contributed by atoms with van der Waals surface area (Å²) in [7, 11) is 3.31. The van der Waals surface area contributed by atoms with Crippen molar-refractivity contribution in [1.29, 1.82) is 0 Å². The smallest absolute Gasteiger partial charge is 0.223 e. The number of likely N-dealkylation sites (tertiary alicyclic amines) is 1. The molecule has 5 heteroatoms. The van der Waals surface area contributed by atoms with Gasteiger partial charge in [-0.15, -0.1) is 6.58 Å². The van der Waals surface area contributed by atoms with Crippen molar-refractivity contribution in [2.75, 3.05) is 20.8 Å². The maximum absolute atomic E-state index is 12.8. The van der Waals surface area contributed by atoms with Gasteiger partial charge in [-0.05, 0) is 48.7 Å². The fraction of sp³-hybridized carbons (Fsp3) is 0.400. The minimum atomic E-state index is -0.0402. The van der Waals surface area contributed by atoms with E-state index in [4.69, 9.17) is 14.2 Å². The lowest BCUT2D eigenvalue weighted by atomic mass is 9.98.